The van der Waals surface area contributed by atoms with Crippen molar-refractivity contribution in [2.75, 3.05) is 7.05 Å². The van der Waals surface area contributed by atoms with Gasteiger partial charge in [0, 0.05) is 41.8 Å². The molecule has 0 radical (unpaired) electrons. The Bertz CT molecular complexity index is 792. The molecule has 118 valence electrons. The first-order chi connectivity index (χ1) is 11.1. The van der Waals surface area contributed by atoms with Crippen LogP contribution in [-0.2, 0) is 0 Å². The van der Waals surface area contributed by atoms with Crippen LogP contribution in [0.2, 0.25) is 0 Å². The quantitative estimate of drug-likeness (QED) is 0.737. The highest BCUT2D eigenvalue weighted by molar-refractivity contribution is 7.09. The molecule has 2 aromatic heterocycles. The van der Waals surface area contributed by atoms with E-state index >= 15 is 0 Å². The normalized spacial score (nSPS) is 12.1. The first-order valence-corrected chi connectivity index (χ1v) is 8.22. The molecule has 2 heterocycles. The standard InChI is InChI=1S/C17H18N4OS/c1-12-10-23-16(19-12)13(2)20(3)17(22)14-4-6-15(7-5-14)21-9-8-18-11-21/h4-11,13H,1-3H3. The Kier molecular flexibility index (Phi) is 4.25. The summed E-state index contributed by atoms with van der Waals surface area (Å²) in [6.45, 7) is 3.96. The Hall–Kier alpha value is -2.47. The number of hydrogen-bond donors (Lipinski definition) is 0. The molecule has 3 rings (SSSR count). The molecular weight excluding hydrogens is 308 g/mol. The lowest BCUT2D eigenvalue weighted by Crippen LogP contribution is -2.29. The lowest BCUT2D eigenvalue weighted by atomic mass is 10.1. The Balaban J connectivity index is 1.77. The van der Waals surface area contributed by atoms with Gasteiger partial charge in [0.05, 0.1) is 12.4 Å². The van der Waals surface area contributed by atoms with Gasteiger partial charge in [-0.1, -0.05) is 0 Å². The predicted octanol–water partition coefficient (Wildman–Crippen LogP) is 3.47. The summed E-state index contributed by atoms with van der Waals surface area (Å²) in [5.74, 6) is -0.0115. The fourth-order valence-corrected chi connectivity index (χ4v) is 3.19. The van der Waals surface area contributed by atoms with Crippen molar-refractivity contribution < 1.29 is 4.79 Å². The number of nitrogens with zero attached hydrogens (tertiary/aromatic N) is 4. The predicted molar refractivity (Wildman–Crippen MR) is 90.9 cm³/mol. The average Bonchev–Trinajstić information content (AvgIpc) is 3.24. The van der Waals surface area contributed by atoms with Crippen LogP contribution in [0, 0.1) is 6.92 Å². The summed E-state index contributed by atoms with van der Waals surface area (Å²) in [6, 6.07) is 7.47. The summed E-state index contributed by atoms with van der Waals surface area (Å²) in [5.41, 5.74) is 2.63. The van der Waals surface area contributed by atoms with E-state index in [1.54, 1.807) is 28.8 Å². The largest absolute Gasteiger partial charge is 0.333 e. The molecule has 0 aliphatic rings. The molecule has 1 unspecified atom stereocenters. The molecule has 6 heteroatoms. The van der Waals surface area contributed by atoms with Gasteiger partial charge in [0.25, 0.3) is 5.91 Å². The van der Waals surface area contributed by atoms with Crippen molar-refractivity contribution in [3.63, 3.8) is 0 Å². The third-order valence-electron chi connectivity index (χ3n) is 3.81. The van der Waals surface area contributed by atoms with E-state index in [2.05, 4.69) is 9.97 Å². The average molecular weight is 326 g/mol. The van der Waals surface area contributed by atoms with E-state index in [1.807, 2.05) is 61.3 Å². The third-order valence-corrected chi connectivity index (χ3v) is 4.95. The number of carbonyl (C=O) groups excluding carboxylic acids is 1. The van der Waals surface area contributed by atoms with Crippen LogP contribution in [-0.4, -0.2) is 32.4 Å². The van der Waals surface area contributed by atoms with Crippen LogP contribution in [0.3, 0.4) is 0 Å². The topological polar surface area (TPSA) is 51.0 Å². The lowest BCUT2D eigenvalue weighted by molar-refractivity contribution is 0.0742. The van der Waals surface area contributed by atoms with Gasteiger partial charge in [0.1, 0.15) is 5.01 Å². The Morgan fingerprint density at radius 3 is 2.61 bits per heavy atom. The lowest BCUT2D eigenvalue weighted by Gasteiger charge is -2.23. The molecule has 0 aliphatic carbocycles. The molecule has 0 fully saturated rings. The smallest absolute Gasteiger partial charge is 0.254 e. The van der Waals surface area contributed by atoms with Crippen LogP contribution in [0.1, 0.15) is 34.0 Å². The number of amides is 1. The van der Waals surface area contributed by atoms with Crippen molar-refractivity contribution in [3.05, 3.63) is 64.6 Å². The van der Waals surface area contributed by atoms with Gasteiger partial charge in [-0.05, 0) is 38.1 Å². The number of aromatic nitrogens is 3. The molecular formula is C17H18N4OS. The van der Waals surface area contributed by atoms with Gasteiger partial charge in [0.2, 0.25) is 0 Å². The van der Waals surface area contributed by atoms with Gasteiger partial charge in [-0.2, -0.15) is 0 Å². The first-order valence-electron chi connectivity index (χ1n) is 7.34. The minimum atomic E-state index is -0.0467. The molecule has 0 N–H and O–H groups in total. The Morgan fingerprint density at radius 1 is 1.30 bits per heavy atom. The molecule has 1 atom stereocenters. The molecule has 5 nitrogen and oxygen atoms in total. The van der Waals surface area contributed by atoms with Gasteiger partial charge >= 0.3 is 0 Å². The van der Waals surface area contributed by atoms with Crippen LogP contribution in [0.15, 0.2) is 48.4 Å². The second-order valence-electron chi connectivity index (χ2n) is 5.44. The maximum atomic E-state index is 12.6. The monoisotopic (exact) mass is 326 g/mol. The number of benzene rings is 1. The Morgan fingerprint density at radius 2 is 2.04 bits per heavy atom. The van der Waals surface area contributed by atoms with E-state index < -0.39 is 0 Å². The summed E-state index contributed by atoms with van der Waals surface area (Å²) >= 11 is 1.58. The van der Waals surface area contributed by atoms with E-state index in [-0.39, 0.29) is 11.9 Å². The van der Waals surface area contributed by atoms with E-state index in [9.17, 15) is 4.79 Å². The third kappa shape index (κ3) is 3.17. The molecule has 0 saturated heterocycles. The first kappa shape index (κ1) is 15.4. The van der Waals surface area contributed by atoms with E-state index in [0.29, 0.717) is 5.56 Å². The van der Waals surface area contributed by atoms with Gasteiger partial charge < -0.3 is 9.47 Å². The molecule has 0 spiro atoms. The van der Waals surface area contributed by atoms with Crippen LogP contribution in [0.5, 0.6) is 0 Å². The fraction of sp³-hybridized carbons (Fsp3) is 0.235. The van der Waals surface area contributed by atoms with Crippen molar-refractivity contribution in [1.29, 1.82) is 0 Å². The van der Waals surface area contributed by atoms with Crippen LogP contribution in [0.4, 0.5) is 0 Å². The zero-order valence-electron chi connectivity index (χ0n) is 13.3. The Labute approximate surface area is 139 Å². The minimum absolute atomic E-state index is 0.0115. The van der Waals surface area contributed by atoms with Crippen molar-refractivity contribution in [3.8, 4) is 5.69 Å². The number of rotatable bonds is 4. The van der Waals surface area contributed by atoms with Crippen molar-refractivity contribution >= 4 is 17.2 Å². The SMILES string of the molecule is Cc1csc(C(C)N(C)C(=O)c2ccc(-n3ccnc3)cc2)n1. The minimum Gasteiger partial charge on any atom is -0.333 e. The zero-order chi connectivity index (χ0) is 16.4. The maximum Gasteiger partial charge on any atom is 0.254 e. The van der Waals surface area contributed by atoms with Crippen molar-refractivity contribution in [2.24, 2.45) is 0 Å². The number of carbonyl (C=O) groups is 1. The summed E-state index contributed by atoms with van der Waals surface area (Å²) in [4.78, 5) is 22.9. The molecule has 1 amide bonds. The van der Waals surface area contributed by atoms with E-state index in [0.717, 1.165) is 16.4 Å². The van der Waals surface area contributed by atoms with Gasteiger partial charge in [0.15, 0.2) is 0 Å². The summed E-state index contributed by atoms with van der Waals surface area (Å²) < 4.78 is 1.90. The highest BCUT2D eigenvalue weighted by atomic mass is 32.1. The van der Waals surface area contributed by atoms with Gasteiger partial charge in [-0.3, -0.25) is 4.79 Å². The van der Waals surface area contributed by atoms with Crippen LogP contribution >= 0.6 is 11.3 Å². The second kappa shape index (κ2) is 6.34. The molecule has 0 bridgehead atoms. The summed E-state index contributed by atoms with van der Waals surface area (Å²) in [5, 5.41) is 2.96. The van der Waals surface area contributed by atoms with Crippen LogP contribution < -0.4 is 0 Å². The number of aryl methyl sites for hydroxylation is 1. The molecule has 0 saturated carbocycles. The van der Waals surface area contributed by atoms with Crippen molar-refractivity contribution in [1.82, 2.24) is 19.4 Å². The van der Waals surface area contributed by atoms with E-state index in [4.69, 9.17) is 0 Å². The van der Waals surface area contributed by atoms with Crippen molar-refractivity contribution in [2.45, 2.75) is 19.9 Å². The van der Waals surface area contributed by atoms with Gasteiger partial charge in [-0.25, -0.2) is 9.97 Å². The molecule has 3 aromatic rings. The summed E-state index contributed by atoms with van der Waals surface area (Å²) in [7, 11) is 1.81. The number of imidazole rings is 1. The van der Waals surface area contributed by atoms with Gasteiger partial charge in [-0.15, -0.1) is 11.3 Å². The molecule has 1 aromatic carbocycles. The number of hydrogen-bond acceptors (Lipinski definition) is 4. The highest BCUT2D eigenvalue weighted by Gasteiger charge is 2.21. The second-order valence-corrected chi connectivity index (χ2v) is 6.33. The molecule has 0 aliphatic heterocycles. The van der Waals surface area contributed by atoms with E-state index in [1.165, 1.54) is 0 Å². The zero-order valence-corrected chi connectivity index (χ0v) is 14.1. The van der Waals surface area contributed by atoms with Crippen LogP contribution in [0.25, 0.3) is 5.69 Å². The number of thiazole rings is 1. The molecule has 23 heavy (non-hydrogen) atoms. The highest BCUT2D eigenvalue weighted by Crippen LogP contribution is 2.24. The fourth-order valence-electron chi connectivity index (χ4n) is 2.30. The maximum absolute atomic E-state index is 12.6. The summed E-state index contributed by atoms with van der Waals surface area (Å²) in [6.07, 6.45) is 5.33.